The molecule has 0 heterocycles. The number of aldehydes is 1. The Hall–Kier alpha value is -1.36. The lowest BCUT2D eigenvalue weighted by molar-refractivity contribution is 0.112. The molecule has 0 bridgehead atoms. The minimum atomic E-state index is -3.34. The maximum absolute atomic E-state index is 11.5. The second-order valence-electron chi connectivity index (χ2n) is 3.44. The Balaban J connectivity index is 2.95. The lowest BCUT2D eigenvalue weighted by Crippen LogP contribution is -2.22. The van der Waals surface area contributed by atoms with Crippen LogP contribution in [-0.2, 0) is 10.0 Å². The highest BCUT2D eigenvalue weighted by Gasteiger charge is 2.15. The molecule has 0 radical (unpaired) electrons. The van der Waals surface area contributed by atoms with Gasteiger partial charge in [-0.25, -0.2) is 8.42 Å². The number of hydrogen-bond donors (Lipinski definition) is 1. The SMILES string of the molecule is CC(C)S(=O)(=O)Nc1cccc(C=O)c1. The molecule has 0 aromatic heterocycles. The molecule has 0 saturated heterocycles. The third kappa shape index (κ3) is 3.06. The summed E-state index contributed by atoms with van der Waals surface area (Å²) in [5.41, 5.74) is 0.854. The van der Waals surface area contributed by atoms with Gasteiger partial charge in [-0.15, -0.1) is 0 Å². The van der Waals surface area contributed by atoms with Crippen molar-refractivity contribution in [1.82, 2.24) is 0 Å². The Kier molecular flexibility index (Phi) is 3.47. The fraction of sp³-hybridized carbons (Fsp3) is 0.300. The maximum atomic E-state index is 11.5. The number of carbonyl (C=O) groups is 1. The summed E-state index contributed by atoms with van der Waals surface area (Å²) in [6, 6.07) is 6.34. The van der Waals surface area contributed by atoms with Crippen LogP contribution in [0, 0.1) is 0 Å². The third-order valence-electron chi connectivity index (χ3n) is 1.90. The number of benzene rings is 1. The molecule has 1 aromatic rings. The standard InChI is InChI=1S/C10H13NO3S/c1-8(2)15(13,14)11-10-5-3-4-9(6-10)7-12/h3-8,11H,1-2H3. The molecular weight excluding hydrogens is 214 g/mol. The number of nitrogens with one attached hydrogen (secondary N) is 1. The van der Waals surface area contributed by atoms with Crippen LogP contribution in [0.4, 0.5) is 5.69 Å². The number of anilines is 1. The first-order valence-corrected chi connectivity index (χ1v) is 6.07. The van der Waals surface area contributed by atoms with E-state index in [9.17, 15) is 13.2 Å². The highest BCUT2D eigenvalue weighted by atomic mass is 32.2. The van der Waals surface area contributed by atoms with Crippen LogP contribution in [0.2, 0.25) is 0 Å². The molecule has 0 aliphatic carbocycles. The van der Waals surface area contributed by atoms with Crippen LogP contribution in [0.15, 0.2) is 24.3 Å². The van der Waals surface area contributed by atoms with Crippen LogP contribution in [-0.4, -0.2) is 20.0 Å². The molecule has 0 atom stereocenters. The number of carbonyl (C=O) groups excluding carboxylic acids is 1. The second kappa shape index (κ2) is 4.44. The lowest BCUT2D eigenvalue weighted by Gasteiger charge is -2.10. The molecule has 0 spiro atoms. The van der Waals surface area contributed by atoms with Gasteiger partial charge in [-0.1, -0.05) is 12.1 Å². The predicted molar refractivity (Wildman–Crippen MR) is 59.5 cm³/mol. The number of hydrogen-bond acceptors (Lipinski definition) is 3. The molecule has 0 aliphatic rings. The fourth-order valence-corrected chi connectivity index (χ4v) is 1.65. The molecule has 0 unspecified atom stereocenters. The fourth-order valence-electron chi connectivity index (χ4n) is 0.958. The first kappa shape index (κ1) is 11.7. The number of sulfonamides is 1. The molecule has 0 aliphatic heterocycles. The van der Waals surface area contributed by atoms with Crippen LogP contribution in [0.5, 0.6) is 0 Å². The molecular formula is C10H13NO3S. The van der Waals surface area contributed by atoms with E-state index in [0.29, 0.717) is 17.5 Å². The van der Waals surface area contributed by atoms with Gasteiger partial charge in [-0.2, -0.15) is 0 Å². The van der Waals surface area contributed by atoms with Gasteiger partial charge < -0.3 is 0 Å². The van der Waals surface area contributed by atoms with E-state index in [1.807, 2.05) is 0 Å². The largest absolute Gasteiger partial charge is 0.298 e. The van der Waals surface area contributed by atoms with Crippen molar-refractivity contribution in [3.8, 4) is 0 Å². The Morgan fingerprint density at radius 1 is 1.33 bits per heavy atom. The molecule has 15 heavy (non-hydrogen) atoms. The maximum Gasteiger partial charge on any atom is 0.235 e. The van der Waals surface area contributed by atoms with E-state index in [1.54, 1.807) is 32.0 Å². The van der Waals surface area contributed by atoms with Crippen molar-refractivity contribution >= 4 is 22.0 Å². The highest BCUT2D eigenvalue weighted by molar-refractivity contribution is 7.93. The zero-order valence-corrected chi connectivity index (χ0v) is 9.41. The topological polar surface area (TPSA) is 63.2 Å². The summed E-state index contributed by atoms with van der Waals surface area (Å²) >= 11 is 0. The summed E-state index contributed by atoms with van der Waals surface area (Å²) in [7, 11) is -3.34. The van der Waals surface area contributed by atoms with Crippen molar-refractivity contribution in [2.24, 2.45) is 0 Å². The monoisotopic (exact) mass is 227 g/mol. The first-order valence-electron chi connectivity index (χ1n) is 4.52. The van der Waals surface area contributed by atoms with E-state index in [2.05, 4.69) is 4.72 Å². The van der Waals surface area contributed by atoms with Crippen LogP contribution in [0.25, 0.3) is 0 Å². The predicted octanol–water partition coefficient (Wildman–Crippen LogP) is 1.65. The van der Waals surface area contributed by atoms with Crippen LogP contribution in [0.1, 0.15) is 24.2 Å². The van der Waals surface area contributed by atoms with Crippen LogP contribution < -0.4 is 4.72 Å². The van der Waals surface area contributed by atoms with E-state index < -0.39 is 15.3 Å². The van der Waals surface area contributed by atoms with Crippen molar-refractivity contribution in [3.63, 3.8) is 0 Å². The van der Waals surface area contributed by atoms with Crippen molar-refractivity contribution < 1.29 is 13.2 Å². The zero-order valence-electron chi connectivity index (χ0n) is 8.60. The van der Waals surface area contributed by atoms with Crippen molar-refractivity contribution in [2.45, 2.75) is 19.1 Å². The lowest BCUT2D eigenvalue weighted by atomic mass is 10.2. The molecule has 1 N–H and O–H groups in total. The molecule has 1 aromatic carbocycles. The third-order valence-corrected chi connectivity index (χ3v) is 3.66. The van der Waals surface area contributed by atoms with Gasteiger partial charge in [-0.3, -0.25) is 9.52 Å². The Bertz CT molecular complexity index is 451. The summed E-state index contributed by atoms with van der Waals surface area (Å²) in [6.07, 6.45) is 0.674. The minimum Gasteiger partial charge on any atom is -0.298 e. The molecule has 0 saturated carbocycles. The molecule has 0 fully saturated rings. The average Bonchev–Trinajstić information content (AvgIpc) is 2.17. The Morgan fingerprint density at radius 3 is 2.53 bits per heavy atom. The summed E-state index contributed by atoms with van der Waals surface area (Å²) in [6.45, 7) is 3.18. The van der Waals surface area contributed by atoms with Gasteiger partial charge in [0.1, 0.15) is 6.29 Å². The van der Waals surface area contributed by atoms with Gasteiger partial charge in [0.15, 0.2) is 0 Å². The summed E-state index contributed by atoms with van der Waals surface area (Å²) in [4.78, 5) is 10.5. The van der Waals surface area contributed by atoms with E-state index in [-0.39, 0.29) is 0 Å². The van der Waals surface area contributed by atoms with Gasteiger partial charge in [0.2, 0.25) is 10.0 Å². The Morgan fingerprint density at radius 2 is 2.00 bits per heavy atom. The summed E-state index contributed by atoms with van der Waals surface area (Å²) in [5.74, 6) is 0. The second-order valence-corrected chi connectivity index (χ2v) is 5.68. The molecule has 5 heteroatoms. The highest BCUT2D eigenvalue weighted by Crippen LogP contribution is 2.13. The minimum absolute atomic E-state index is 0.410. The molecule has 82 valence electrons. The molecule has 4 nitrogen and oxygen atoms in total. The normalized spacial score (nSPS) is 11.4. The molecule has 1 rings (SSSR count). The Labute approximate surface area is 89.4 Å². The average molecular weight is 227 g/mol. The summed E-state index contributed by atoms with van der Waals surface area (Å²) < 4.78 is 25.4. The van der Waals surface area contributed by atoms with E-state index in [0.717, 1.165) is 0 Å². The van der Waals surface area contributed by atoms with Crippen LogP contribution in [0.3, 0.4) is 0 Å². The van der Waals surface area contributed by atoms with Crippen molar-refractivity contribution in [1.29, 1.82) is 0 Å². The van der Waals surface area contributed by atoms with Crippen molar-refractivity contribution in [2.75, 3.05) is 4.72 Å². The van der Waals surface area contributed by atoms with E-state index >= 15 is 0 Å². The van der Waals surface area contributed by atoms with Gasteiger partial charge in [0.25, 0.3) is 0 Å². The quantitative estimate of drug-likeness (QED) is 0.795. The van der Waals surface area contributed by atoms with Crippen molar-refractivity contribution in [3.05, 3.63) is 29.8 Å². The van der Waals surface area contributed by atoms with E-state index in [4.69, 9.17) is 0 Å². The first-order chi connectivity index (χ1) is 6.95. The van der Waals surface area contributed by atoms with Gasteiger partial charge >= 0.3 is 0 Å². The zero-order chi connectivity index (χ0) is 11.5. The van der Waals surface area contributed by atoms with E-state index in [1.165, 1.54) is 6.07 Å². The molecule has 0 amide bonds. The summed E-state index contributed by atoms with van der Waals surface area (Å²) in [5, 5.41) is -0.502. The van der Waals surface area contributed by atoms with Gasteiger partial charge in [0.05, 0.1) is 5.25 Å². The smallest absolute Gasteiger partial charge is 0.235 e. The van der Waals surface area contributed by atoms with Gasteiger partial charge in [0, 0.05) is 11.3 Å². The number of rotatable bonds is 4. The van der Waals surface area contributed by atoms with Crippen LogP contribution >= 0.6 is 0 Å². The van der Waals surface area contributed by atoms with Gasteiger partial charge in [-0.05, 0) is 26.0 Å².